The highest BCUT2D eigenvalue weighted by atomic mass is 79.9. The van der Waals surface area contributed by atoms with Crippen molar-refractivity contribution in [3.05, 3.63) is 63.1 Å². The predicted molar refractivity (Wildman–Crippen MR) is 80.9 cm³/mol. The summed E-state index contributed by atoms with van der Waals surface area (Å²) in [6, 6.07) is 8.28. The first-order valence-corrected chi connectivity index (χ1v) is 7.04. The summed E-state index contributed by atoms with van der Waals surface area (Å²) in [7, 11) is 0. The first-order valence-electron chi connectivity index (χ1n) is 5.87. The zero-order chi connectivity index (χ0) is 14.7. The molecule has 3 N–H and O–H groups in total. The van der Waals surface area contributed by atoms with Gasteiger partial charge in [0.05, 0.1) is 6.04 Å². The Bertz CT molecular complexity index is 602. The molecule has 1 unspecified atom stereocenters. The van der Waals surface area contributed by atoms with Gasteiger partial charge in [-0.05, 0) is 30.3 Å². The summed E-state index contributed by atoms with van der Waals surface area (Å²) in [6.45, 7) is 0.159. The molecule has 6 heteroatoms. The Kier molecular flexibility index (Phi) is 4.96. The third-order valence-electron chi connectivity index (χ3n) is 2.78. The lowest BCUT2D eigenvalue weighted by molar-refractivity contribution is 0.592. The van der Waals surface area contributed by atoms with Crippen LogP contribution in [0.15, 0.2) is 40.9 Å². The van der Waals surface area contributed by atoms with E-state index in [1.807, 2.05) is 0 Å². The molecule has 0 aromatic heterocycles. The molecule has 0 heterocycles. The summed E-state index contributed by atoms with van der Waals surface area (Å²) >= 11 is 8.98. The van der Waals surface area contributed by atoms with Crippen molar-refractivity contribution in [2.45, 2.75) is 6.04 Å². The van der Waals surface area contributed by atoms with Gasteiger partial charge in [0.2, 0.25) is 0 Å². The molecule has 2 rings (SSSR count). The van der Waals surface area contributed by atoms with E-state index in [4.69, 9.17) is 17.3 Å². The van der Waals surface area contributed by atoms with Crippen LogP contribution >= 0.6 is 27.5 Å². The van der Waals surface area contributed by atoms with Crippen LogP contribution in [0.25, 0.3) is 0 Å². The van der Waals surface area contributed by atoms with Crippen molar-refractivity contribution in [3.8, 4) is 0 Å². The van der Waals surface area contributed by atoms with Crippen molar-refractivity contribution in [1.82, 2.24) is 0 Å². The third-order valence-corrected chi connectivity index (χ3v) is 3.49. The second-order valence-electron chi connectivity index (χ2n) is 4.26. The minimum Gasteiger partial charge on any atom is -0.377 e. The highest BCUT2D eigenvalue weighted by Gasteiger charge is 2.15. The maximum absolute atomic E-state index is 13.9. The monoisotopic (exact) mass is 360 g/mol. The van der Waals surface area contributed by atoms with Gasteiger partial charge >= 0.3 is 0 Å². The highest BCUT2D eigenvalue weighted by molar-refractivity contribution is 9.10. The molecule has 0 radical (unpaired) electrons. The van der Waals surface area contributed by atoms with E-state index in [-0.39, 0.29) is 17.4 Å². The summed E-state index contributed by atoms with van der Waals surface area (Å²) in [5.74, 6) is -0.850. The summed E-state index contributed by atoms with van der Waals surface area (Å²) in [5, 5.41) is 3.25. The van der Waals surface area contributed by atoms with Crippen LogP contribution in [0.1, 0.15) is 11.6 Å². The van der Waals surface area contributed by atoms with Gasteiger partial charge in [0, 0.05) is 27.3 Å². The maximum atomic E-state index is 13.9. The lowest BCUT2D eigenvalue weighted by Gasteiger charge is -2.19. The van der Waals surface area contributed by atoms with Crippen LogP contribution in [0.3, 0.4) is 0 Å². The van der Waals surface area contributed by atoms with Crippen LogP contribution in [-0.2, 0) is 0 Å². The molecule has 0 aliphatic carbocycles. The minimum atomic E-state index is -0.471. The molecule has 106 valence electrons. The minimum absolute atomic E-state index is 0.159. The average molecular weight is 362 g/mol. The number of hydrogen-bond acceptors (Lipinski definition) is 2. The SMILES string of the molecule is NCC(Nc1cc(F)cc(Cl)c1)c1ccc(Br)cc1F. The Balaban J connectivity index is 2.28. The average Bonchev–Trinajstić information content (AvgIpc) is 2.35. The summed E-state index contributed by atoms with van der Waals surface area (Å²) in [4.78, 5) is 0. The first kappa shape index (κ1) is 15.2. The quantitative estimate of drug-likeness (QED) is 0.842. The third kappa shape index (κ3) is 3.69. The molecule has 0 aliphatic rings. The van der Waals surface area contributed by atoms with Gasteiger partial charge in [-0.3, -0.25) is 0 Å². The Hall–Kier alpha value is -1.17. The molecule has 2 aromatic carbocycles. The van der Waals surface area contributed by atoms with Crippen molar-refractivity contribution in [3.63, 3.8) is 0 Å². The first-order chi connectivity index (χ1) is 9.49. The van der Waals surface area contributed by atoms with Gasteiger partial charge in [-0.1, -0.05) is 33.6 Å². The van der Waals surface area contributed by atoms with Gasteiger partial charge in [-0.2, -0.15) is 0 Å². The molecule has 0 amide bonds. The Morgan fingerprint density at radius 3 is 2.55 bits per heavy atom. The molecule has 0 aliphatic heterocycles. The molecular weight excluding hydrogens is 350 g/mol. The Labute approximate surface area is 129 Å². The molecule has 0 saturated carbocycles. The van der Waals surface area contributed by atoms with Crippen molar-refractivity contribution in [2.24, 2.45) is 5.73 Å². The Morgan fingerprint density at radius 2 is 1.95 bits per heavy atom. The normalized spacial score (nSPS) is 12.2. The number of benzene rings is 2. The lowest BCUT2D eigenvalue weighted by atomic mass is 10.1. The highest BCUT2D eigenvalue weighted by Crippen LogP contribution is 2.26. The molecule has 0 saturated heterocycles. The van der Waals surface area contributed by atoms with Gasteiger partial charge in [-0.15, -0.1) is 0 Å². The van der Waals surface area contributed by atoms with Crippen LogP contribution in [0.5, 0.6) is 0 Å². The van der Waals surface area contributed by atoms with Gasteiger partial charge in [0.1, 0.15) is 11.6 Å². The number of rotatable bonds is 4. The summed E-state index contributed by atoms with van der Waals surface area (Å²) in [5.41, 5.74) is 6.53. The van der Waals surface area contributed by atoms with Crippen LogP contribution in [0.4, 0.5) is 14.5 Å². The second kappa shape index (κ2) is 6.52. The molecule has 2 nitrogen and oxygen atoms in total. The topological polar surface area (TPSA) is 38.0 Å². The van der Waals surface area contributed by atoms with E-state index in [9.17, 15) is 8.78 Å². The fourth-order valence-electron chi connectivity index (χ4n) is 1.89. The van der Waals surface area contributed by atoms with Gasteiger partial charge in [0.25, 0.3) is 0 Å². The number of nitrogens with two attached hydrogens (primary N) is 1. The largest absolute Gasteiger partial charge is 0.377 e. The van der Waals surface area contributed by atoms with E-state index >= 15 is 0 Å². The number of hydrogen-bond donors (Lipinski definition) is 2. The van der Waals surface area contributed by atoms with E-state index < -0.39 is 11.9 Å². The molecule has 2 aromatic rings. The number of nitrogens with one attached hydrogen (secondary N) is 1. The number of halogens is 4. The standard InChI is InChI=1S/C14H12BrClF2N2/c15-8-1-2-12(13(18)3-8)14(7-19)20-11-5-9(16)4-10(17)6-11/h1-6,14,20H,7,19H2. The van der Waals surface area contributed by atoms with Gasteiger partial charge in [0.15, 0.2) is 0 Å². The number of anilines is 1. The van der Waals surface area contributed by atoms with E-state index in [1.165, 1.54) is 18.2 Å². The van der Waals surface area contributed by atoms with Crippen molar-refractivity contribution in [2.75, 3.05) is 11.9 Å². The van der Waals surface area contributed by atoms with E-state index in [0.717, 1.165) is 0 Å². The van der Waals surface area contributed by atoms with E-state index in [2.05, 4.69) is 21.2 Å². The van der Waals surface area contributed by atoms with Crippen LogP contribution in [0, 0.1) is 11.6 Å². The summed E-state index contributed by atoms with van der Waals surface area (Å²) in [6.07, 6.45) is 0. The Morgan fingerprint density at radius 1 is 1.20 bits per heavy atom. The molecule has 1 atom stereocenters. The lowest BCUT2D eigenvalue weighted by Crippen LogP contribution is -2.21. The van der Waals surface area contributed by atoms with Crippen LogP contribution < -0.4 is 11.1 Å². The van der Waals surface area contributed by atoms with Crippen LogP contribution in [0.2, 0.25) is 5.02 Å². The van der Waals surface area contributed by atoms with Crippen molar-refractivity contribution >= 4 is 33.2 Å². The second-order valence-corrected chi connectivity index (χ2v) is 5.61. The molecular formula is C14H12BrClF2N2. The van der Waals surface area contributed by atoms with Gasteiger partial charge < -0.3 is 11.1 Å². The molecule has 20 heavy (non-hydrogen) atoms. The van der Waals surface area contributed by atoms with Crippen molar-refractivity contribution < 1.29 is 8.78 Å². The molecule has 0 fully saturated rings. The summed E-state index contributed by atoms with van der Waals surface area (Å²) < 4.78 is 27.8. The zero-order valence-electron chi connectivity index (χ0n) is 10.3. The van der Waals surface area contributed by atoms with Crippen molar-refractivity contribution in [1.29, 1.82) is 0 Å². The zero-order valence-corrected chi connectivity index (χ0v) is 12.7. The predicted octanol–water partition coefficient (Wildman–Crippen LogP) is 4.49. The maximum Gasteiger partial charge on any atom is 0.129 e. The van der Waals surface area contributed by atoms with E-state index in [0.29, 0.717) is 15.7 Å². The van der Waals surface area contributed by atoms with Crippen LogP contribution in [-0.4, -0.2) is 6.54 Å². The molecule has 0 spiro atoms. The van der Waals surface area contributed by atoms with E-state index in [1.54, 1.807) is 18.2 Å². The van der Waals surface area contributed by atoms with Gasteiger partial charge in [-0.25, -0.2) is 8.78 Å². The fourth-order valence-corrected chi connectivity index (χ4v) is 2.44. The molecule has 0 bridgehead atoms. The fraction of sp³-hybridized carbons (Fsp3) is 0.143. The smallest absolute Gasteiger partial charge is 0.129 e.